The maximum Gasteiger partial charge on any atom is 0.227 e. The van der Waals surface area contributed by atoms with Gasteiger partial charge in [0, 0.05) is 19.1 Å². The first-order valence-corrected chi connectivity index (χ1v) is 8.89. The Hall–Kier alpha value is -0.570. The molecule has 2 saturated heterocycles. The lowest BCUT2D eigenvalue weighted by Crippen LogP contribution is -2.51. The number of hydrogen-bond donors (Lipinski definition) is 0. The number of piperidine rings is 2. The van der Waals surface area contributed by atoms with Crippen LogP contribution in [-0.4, -0.2) is 47.9 Å². The highest BCUT2D eigenvalue weighted by atomic mass is 16.2. The zero-order chi connectivity index (χ0) is 13.8. The van der Waals surface area contributed by atoms with E-state index in [4.69, 9.17) is 0 Å². The van der Waals surface area contributed by atoms with Crippen molar-refractivity contribution in [2.45, 2.75) is 70.3 Å². The molecule has 1 saturated carbocycles. The Morgan fingerprint density at radius 1 is 0.700 bits per heavy atom. The summed E-state index contributed by atoms with van der Waals surface area (Å²) >= 11 is 0. The van der Waals surface area contributed by atoms with Gasteiger partial charge in [0.05, 0.1) is 5.92 Å². The van der Waals surface area contributed by atoms with E-state index in [1.54, 1.807) is 0 Å². The van der Waals surface area contributed by atoms with Gasteiger partial charge in [-0.25, -0.2) is 0 Å². The van der Waals surface area contributed by atoms with Gasteiger partial charge in [0.1, 0.15) is 0 Å². The van der Waals surface area contributed by atoms with Crippen LogP contribution >= 0.6 is 0 Å². The first kappa shape index (κ1) is 14.4. The van der Waals surface area contributed by atoms with Gasteiger partial charge < -0.3 is 4.90 Å². The monoisotopic (exact) mass is 278 g/mol. The smallest absolute Gasteiger partial charge is 0.227 e. The number of hydrogen-bond acceptors (Lipinski definition) is 2. The second-order valence-electron chi connectivity index (χ2n) is 6.94. The van der Waals surface area contributed by atoms with Crippen molar-refractivity contribution in [1.82, 2.24) is 9.80 Å². The van der Waals surface area contributed by atoms with E-state index >= 15 is 0 Å². The maximum atomic E-state index is 12.9. The van der Waals surface area contributed by atoms with Gasteiger partial charge in [-0.2, -0.15) is 0 Å². The van der Waals surface area contributed by atoms with Crippen molar-refractivity contribution < 1.29 is 4.79 Å². The molecule has 0 radical (unpaired) electrons. The van der Waals surface area contributed by atoms with Gasteiger partial charge in [0.25, 0.3) is 0 Å². The molecule has 3 aliphatic rings. The number of amides is 1. The van der Waals surface area contributed by atoms with Crippen molar-refractivity contribution in [3.8, 4) is 0 Å². The standard InChI is InChI=1S/C17H30N2O/c20-17(19-13-7-2-8-14-19)15-9-3-4-10-16(15)18-11-5-1-6-12-18/h15-16H,1-14H2/t15-,16-/m1/s1. The molecule has 114 valence electrons. The molecule has 0 unspecified atom stereocenters. The Bertz CT molecular complexity index is 319. The molecule has 0 N–H and O–H groups in total. The van der Waals surface area contributed by atoms with Gasteiger partial charge >= 0.3 is 0 Å². The van der Waals surface area contributed by atoms with E-state index in [-0.39, 0.29) is 0 Å². The largest absolute Gasteiger partial charge is 0.342 e. The van der Waals surface area contributed by atoms with E-state index < -0.39 is 0 Å². The van der Waals surface area contributed by atoms with Crippen LogP contribution in [0.3, 0.4) is 0 Å². The molecular formula is C17H30N2O. The SMILES string of the molecule is O=C([C@@H]1CCCC[C@H]1N1CCCCC1)N1CCCCC1. The number of rotatable bonds is 2. The topological polar surface area (TPSA) is 23.6 Å². The van der Waals surface area contributed by atoms with Crippen LogP contribution in [0.25, 0.3) is 0 Å². The molecule has 3 nitrogen and oxygen atoms in total. The Morgan fingerprint density at radius 2 is 1.30 bits per heavy atom. The van der Waals surface area contributed by atoms with Crippen LogP contribution < -0.4 is 0 Å². The molecule has 0 aromatic heterocycles. The predicted octanol–water partition coefficient (Wildman–Crippen LogP) is 3.04. The van der Waals surface area contributed by atoms with Crippen molar-refractivity contribution in [3.63, 3.8) is 0 Å². The van der Waals surface area contributed by atoms with E-state index in [9.17, 15) is 4.79 Å². The normalized spacial score (nSPS) is 33.1. The third-order valence-electron chi connectivity index (χ3n) is 5.57. The molecular weight excluding hydrogens is 248 g/mol. The van der Waals surface area contributed by atoms with Crippen molar-refractivity contribution in [1.29, 1.82) is 0 Å². The Balaban J connectivity index is 1.65. The van der Waals surface area contributed by atoms with Gasteiger partial charge in [-0.1, -0.05) is 19.3 Å². The van der Waals surface area contributed by atoms with Crippen LogP contribution in [0, 0.1) is 5.92 Å². The lowest BCUT2D eigenvalue weighted by molar-refractivity contribution is -0.140. The van der Waals surface area contributed by atoms with Crippen molar-refractivity contribution >= 4 is 5.91 Å². The second kappa shape index (κ2) is 6.93. The quantitative estimate of drug-likeness (QED) is 0.775. The van der Waals surface area contributed by atoms with Crippen LogP contribution in [-0.2, 0) is 4.79 Å². The lowest BCUT2D eigenvalue weighted by atomic mass is 9.81. The van der Waals surface area contributed by atoms with E-state index in [0.29, 0.717) is 17.9 Å². The van der Waals surface area contributed by atoms with Gasteiger partial charge in [-0.3, -0.25) is 9.69 Å². The van der Waals surface area contributed by atoms with Gasteiger partial charge in [0.15, 0.2) is 0 Å². The fraction of sp³-hybridized carbons (Fsp3) is 0.941. The van der Waals surface area contributed by atoms with Crippen LogP contribution in [0.4, 0.5) is 0 Å². The Kier molecular flexibility index (Phi) is 4.98. The minimum atomic E-state index is 0.306. The molecule has 1 amide bonds. The summed E-state index contributed by atoms with van der Waals surface area (Å²) < 4.78 is 0. The second-order valence-corrected chi connectivity index (χ2v) is 6.94. The van der Waals surface area contributed by atoms with Gasteiger partial charge in [0.2, 0.25) is 5.91 Å². The number of nitrogens with zero attached hydrogens (tertiary/aromatic N) is 2. The summed E-state index contributed by atoms with van der Waals surface area (Å²) in [5.41, 5.74) is 0. The minimum absolute atomic E-state index is 0.306. The molecule has 0 spiro atoms. The first-order chi connectivity index (χ1) is 9.86. The molecule has 3 rings (SSSR count). The summed E-state index contributed by atoms with van der Waals surface area (Å²) in [6.07, 6.45) is 12.8. The van der Waals surface area contributed by atoms with E-state index in [2.05, 4.69) is 9.80 Å². The number of likely N-dealkylation sites (tertiary alicyclic amines) is 2. The maximum absolute atomic E-state index is 12.9. The van der Waals surface area contributed by atoms with Crippen LogP contribution in [0.5, 0.6) is 0 Å². The summed E-state index contributed by atoms with van der Waals surface area (Å²) in [4.78, 5) is 17.7. The fourth-order valence-corrected chi connectivity index (χ4v) is 4.44. The molecule has 2 aliphatic heterocycles. The molecule has 0 aromatic carbocycles. The zero-order valence-corrected chi connectivity index (χ0v) is 12.9. The highest BCUT2D eigenvalue weighted by molar-refractivity contribution is 5.79. The molecule has 3 fully saturated rings. The molecule has 3 heteroatoms. The first-order valence-electron chi connectivity index (χ1n) is 8.89. The molecule has 2 heterocycles. The van der Waals surface area contributed by atoms with Crippen LogP contribution in [0.2, 0.25) is 0 Å². The summed E-state index contributed by atoms with van der Waals surface area (Å²) in [6, 6.07) is 0.554. The summed E-state index contributed by atoms with van der Waals surface area (Å²) in [5, 5.41) is 0. The van der Waals surface area contributed by atoms with Crippen molar-refractivity contribution in [2.24, 2.45) is 5.92 Å². The average molecular weight is 278 g/mol. The molecule has 0 bridgehead atoms. The third kappa shape index (κ3) is 3.19. The van der Waals surface area contributed by atoms with Gasteiger partial charge in [-0.05, 0) is 58.0 Å². The average Bonchev–Trinajstić information content (AvgIpc) is 2.56. The highest BCUT2D eigenvalue weighted by Gasteiger charge is 2.37. The summed E-state index contributed by atoms with van der Waals surface area (Å²) in [5.74, 6) is 0.792. The van der Waals surface area contributed by atoms with Crippen LogP contribution in [0.1, 0.15) is 64.2 Å². The Labute approximate surface area is 123 Å². The van der Waals surface area contributed by atoms with E-state index in [1.807, 2.05) is 0 Å². The van der Waals surface area contributed by atoms with Gasteiger partial charge in [-0.15, -0.1) is 0 Å². The zero-order valence-electron chi connectivity index (χ0n) is 12.9. The minimum Gasteiger partial charge on any atom is -0.342 e. The van der Waals surface area contributed by atoms with Crippen LogP contribution in [0.15, 0.2) is 0 Å². The van der Waals surface area contributed by atoms with E-state index in [0.717, 1.165) is 19.5 Å². The molecule has 2 atom stereocenters. The van der Waals surface area contributed by atoms with E-state index in [1.165, 1.54) is 70.9 Å². The summed E-state index contributed by atoms with van der Waals surface area (Å²) in [7, 11) is 0. The lowest BCUT2D eigenvalue weighted by Gasteiger charge is -2.43. The number of carbonyl (C=O) groups is 1. The molecule has 1 aliphatic carbocycles. The van der Waals surface area contributed by atoms with Crippen molar-refractivity contribution in [2.75, 3.05) is 26.2 Å². The number of carbonyl (C=O) groups excluding carboxylic acids is 1. The molecule has 20 heavy (non-hydrogen) atoms. The highest BCUT2D eigenvalue weighted by Crippen LogP contribution is 2.32. The fourth-order valence-electron chi connectivity index (χ4n) is 4.44. The Morgan fingerprint density at radius 3 is 2.00 bits per heavy atom. The predicted molar refractivity (Wildman–Crippen MR) is 81.6 cm³/mol. The summed E-state index contributed by atoms with van der Waals surface area (Å²) in [6.45, 7) is 4.49. The molecule has 0 aromatic rings. The third-order valence-corrected chi connectivity index (χ3v) is 5.57. The van der Waals surface area contributed by atoms with Crippen molar-refractivity contribution in [3.05, 3.63) is 0 Å².